The lowest BCUT2D eigenvalue weighted by Crippen LogP contribution is -2.37. The molecule has 3 aromatic rings. The van der Waals surface area contributed by atoms with Crippen LogP contribution in [0.15, 0.2) is 42.7 Å². The predicted octanol–water partition coefficient (Wildman–Crippen LogP) is 2.42. The summed E-state index contributed by atoms with van der Waals surface area (Å²) in [7, 11) is 0. The molecule has 0 spiro atoms. The molecule has 0 unspecified atom stereocenters. The van der Waals surface area contributed by atoms with Crippen LogP contribution in [0.2, 0.25) is 0 Å². The van der Waals surface area contributed by atoms with Gasteiger partial charge in [-0.25, -0.2) is 19.9 Å². The fraction of sp³-hybridized carbons (Fsp3) is 0.348. The molecule has 1 aromatic carbocycles. The topological polar surface area (TPSA) is 84.3 Å². The Labute approximate surface area is 180 Å². The number of morpholine rings is 1. The maximum atomic E-state index is 11.6. The smallest absolute Gasteiger partial charge is 0.225 e. The van der Waals surface area contributed by atoms with Crippen LogP contribution in [-0.4, -0.2) is 52.0 Å². The van der Waals surface area contributed by atoms with E-state index in [1.54, 1.807) is 19.3 Å². The van der Waals surface area contributed by atoms with E-state index in [9.17, 15) is 4.79 Å². The van der Waals surface area contributed by atoms with E-state index in [1.165, 1.54) is 0 Å². The average Bonchev–Trinajstić information content (AvgIpc) is 3.24. The fourth-order valence-electron chi connectivity index (χ4n) is 4.11. The summed E-state index contributed by atoms with van der Waals surface area (Å²) in [5, 5.41) is 0. The van der Waals surface area contributed by atoms with Gasteiger partial charge < -0.3 is 14.5 Å². The van der Waals surface area contributed by atoms with Gasteiger partial charge in [0, 0.05) is 43.0 Å². The standard InChI is InChI=1S/C23H24N6O2/c1-16(30)12-17-4-2-5-18(13-17)21-26-20-15-29(23-24-6-3-7-25-23)14-19(20)22(27-21)28-8-10-31-11-9-28/h2-7,13H,8-12,14-15H2,1H3. The van der Waals surface area contributed by atoms with Crippen molar-refractivity contribution in [2.24, 2.45) is 0 Å². The van der Waals surface area contributed by atoms with Crippen molar-refractivity contribution in [2.75, 3.05) is 36.1 Å². The summed E-state index contributed by atoms with van der Waals surface area (Å²) in [6.45, 7) is 5.90. The van der Waals surface area contributed by atoms with E-state index in [0.29, 0.717) is 44.5 Å². The number of anilines is 2. The Morgan fingerprint density at radius 2 is 1.84 bits per heavy atom. The van der Waals surface area contributed by atoms with Gasteiger partial charge in [0.1, 0.15) is 11.6 Å². The number of aromatic nitrogens is 4. The number of Topliss-reactive ketones (excluding diaryl/α,β-unsaturated/α-hetero) is 1. The first-order valence-electron chi connectivity index (χ1n) is 10.5. The average molecular weight is 416 g/mol. The number of hydrogen-bond donors (Lipinski definition) is 0. The molecule has 2 aromatic heterocycles. The van der Waals surface area contributed by atoms with Crippen molar-refractivity contribution in [1.82, 2.24) is 19.9 Å². The van der Waals surface area contributed by atoms with Crippen LogP contribution in [0, 0.1) is 0 Å². The molecule has 0 radical (unpaired) electrons. The SMILES string of the molecule is CC(=O)Cc1cccc(-c2nc3c(c(N4CCOCC4)n2)CN(c2ncccn2)C3)c1. The third-order valence-corrected chi connectivity index (χ3v) is 5.54. The number of carbonyl (C=O) groups is 1. The van der Waals surface area contributed by atoms with Crippen molar-refractivity contribution in [2.45, 2.75) is 26.4 Å². The van der Waals surface area contributed by atoms with Crippen LogP contribution in [0.3, 0.4) is 0 Å². The van der Waals surface area contributed by atoms with Gasteiger partial charge in [-0.1, -0.05) is 18.2 Å². The highest BCUT2D eigenvalue weighted by molar-refractivity contribution is 5.78. The zero-order valence-electron chi connectivity index (χ0n) is 17.5. The molecule has 158 valence electrons. The third-order valence-electron chi connectivity index (χ3n) is 5.54. The summed E-state index contributed by atoms with van der Waals surface area (Å²) in [6, 6.07) is 9.76. The van der Waals surface area contributed by atoms with Gasteiger partial charge in [0.15, 0.2) is 5.82 Å². The quantitative estimate of drug-likeness (QED) is 0.627. The highest BCUT2D eigenvalue weighted by Crippen LogP contribution is 2.33. The summed E-state index contributed by atoms with van der Waals surface area (Å²) in [5.41, 5.74) is 4.01. The molecule has 0 atom stereocenters. The summed E-state index contributed by atoms with van der Waals surface area (Å²) in [6.07, 6.45) is 3.92. The second-order valence-corrected chi connectivity index (χ2v) is 7.88. The minimum atomic E-state index is 0.138. The zero-order valence-corrected chi connectivity index (χ0v) is 17.5. The minimum Gasteiger partial charge on any atom is -0.378 e. The highest BCUT2D eigenvalue weighted by atomic mass is 16.5. The lowest BCUT2D eigenvalue weighted by atomic mass is 10.1. The number of hydrogen-bond acceptors (Lipinski definition) is 8. The summed E-state index contributed by atoms with van der Waals surface area (Å²) >= 11 is 0. The second kappa shape index (κ2) is 8.39. The van der Waals surface area contributed by atoms with Gasteiger partial charge in [-0.05, 0) is 24.6 Å². The van der Waals surface area contributed by atoms with E-state index in [0.717, 1.165) is 41.3 Å². The fourth-order valence-corrected chi connectivity index (χ4v) is 4.11. The molecule has 1 saturated heterocycles. The number of nitrogens with zero attached hydrogens (tertiary/aromatic N) is 6. The lowest BCUT2D eigenvalue weighted by molar-refractivity contribution is -0.116. The predicted molar refractivity (Wildman–Crippen MR) is 117 cm³/mol. The van der Waals surface area contributed by atoms with E-state index in [-0.39, 0.29) is 5.78 Å². The van der Waals surface area contributed by atoms with Gasteiger partial charge in [-0.2, -0.15) is 0 Å². The first-order chi connectivity index (χ1) is 15.2. The number of rotatable bonds is 5. The van der Waals surface area contributed by atoms with E-state index < -0.39 is 0 Å². The summed E-state index contributed by atoms with van der Waals surface area (Å²) < 4.78 is 5.55. The Hall–Kier alpha value is -3.39. The molecule has 5 rings (SSSR count). The largest absolute Gasteiger partial charge is 0.378 e. The van der Waals surface area contributed by atoms with E-state index in [1.807, 2.05) is 30.3 Å². The van der Waals surface area contributed by atoms with E-state index in [4.69, 9.17) is 14.7 Å². The Balaban J connectivity index is 1.55. The third kappa shape index (κ3) is 4.11. The van der Waals surface area contributed by atoms with Gasteiger partial charge in [0.25, 0.3) is 0 Å². The number of carbonyl (C=O) groups excluding carboxylic acids is 1. The number of ketones is 1. The molecule has 8 nitrogen and oxygen atoms in total. The first kappa shape index (κ1) is 19.6. The number of fused-ring (bicyclic) bond motifs is 1. The molecule has 0 bridgehead atoms. The van der Waals surface area contributed by atoms with Crippen LogP contribution >= 0.6 is 0 Å². The van der Waals surface area contributed by atoms with Gasteiger partial charge in [0.05, 0.1) is 32.0 Å². The molecule has 31 heavy (non-hydrogen) atoms. The van der Waals surface area contributed by atoms with Gasteiger partial charge in [-0.15, -0.1) is 0 Å². The van der Waals surface area contributed by atoms with Crippen molar-refractivity contribution < 1.29 is 9.53 Å². The first-order valence-corrected chi connectivity index (χ1v) is 10.5. The molecule has 0 amide bonds. The van der Waals surface area contributed by atoms with Crippen LogP contribution in [0.1, 0.15) is 23.7 Å². The molecule has 2 aliphatic heterocycles. The minimum absolute atomic E-state index is 0.138. The van der Waals surface area contributed by atoms with Gasteiger partial charge in [-0.3, -0.25) is 4.79 Å². The number of ether oxygens (including phenoxy) is 1. The summed E-state index contributed by atoms with van der Waals surface area (Å²) in [5.74, 6) is 2.47. The Morgan fingerprint density at radius 3 is 2.61 bits per heavy atom. The molecule has 0 saturated carbocycles. The molecule has 0 aliphatic carbocycles. The molecule has 2 aliphatic rings. The molecule has 0 N–H and O–H groups in total. The van der Waals surface area contributed by atoms with Crippen molar-refractivity contribution in [3.8, 4) is 11.4 Å². The molecule has 8 heteroatoms. The molecule has 4 heterocycles. The van der Waals surface area contributed by atoms with Crippen molar-refractivity contribution in [3.05, 3.63) is 59.5 Å². The maximum Gasteiger partial charge on any atom is 0.225 e. The summed E-state index contributed by atoms with van der Waals surface area (Å²) in [4.78, 5) is 34.7. The maximum absolute atomic E-state index is 11.6. The van der Waals surface area contributed by atoms with E-state index >= 15 is 0 Å². The lowest BCUT2D eigenvalue weighted by Gasteiger charge is -2.29. The van der Waals surface area contributed by atoms with Crippen LogP contribution < -0.4 is 9.80 Å². The van der Waals surface area contributed by atoms with Crippen molar-refractivity contribution in [1.29, 1.82) is 0 Å². The van der Waals surface area contributed by atoms with Crippen LogP contribution in [0.4, 0.5) is 11.8 Å². The Morgan fingerprint density at radius 1 is 1.03 bits per heavy atom. The second-order valence-electron chi connectivity index (χ2n) is 7.88. The van der Waals surface area contributed by atoms with Crippen molar-refractivity contribution >= 4 is 17.5 Å². The van der Waals surface area contributed by atoms with Crippen LogP contribution in [-0.2, 0) is 29.0 Å². The highest BCUT2D eigenvalue weighted by Gasteiger charge is 2.29. The van der Waals surface area contributed by atoms with Crippen LogP contribution in [0.5, 0.6) is 0 Å². The van der Waals surface area contributed by atoms with E-state index in [2.05, 4.69) is 19.8 Å². The van der Waals surface area contributed by atoms with Gasteiger partial charge >= 0.3 is 0 Å². The number of benzene rings is 1. The Bertz CT molecular complexity index is 1100. The zero-order chi connectivity index (χ0) is 21.2. The molecule has 1 fully saturated rings. The Kier molecular flexibility index (Phi) is 5.30. The molecular formula is C23H24N6O2. The van der Waals surface area contributed by atoms with Crippen molar-refractivity contribution in [3.63, 3.8) is 0 Å². The molecular weight excluding hydrogens is 392 g/mol. The normalized spacial score (nSPS) is 15.8. The van der Waals surface area contributed by atoms with Crippen LogP contribution in [0.25, 0.3) is 11.4 Å². The monoisotopic (exact) mass is 416 g/mol. The van der Waals surface area contributed by atoms with Gasteiger partial charge in [0.2, 0.25) is 5.95 Å².